The second kappa shape index (κ2) is 7.94. The number of hydrogen-bond donors (Lipinski definition) is 2. The highest BCUT2D eigenvalue weighted by atomic mass is 32.2. The SMILES string of the molecule is NC(=NCCCNc1ccccc1)N1CCSCC1. The molecule has 1 saturated heterocycles. The molecule has 2 rings (SSSR count). The second-order valence-electron chi connectivity index (χ2n) is 4.49. The highest BCUT2D eigenvalue weighted by molar-refractivity contribution is 7.99. The molecule has 4 nitrogen and oxygen atoms in total. The number of hydrogen-bond acceptors (Lipinski definition) is 3. The van der Waals surface area contributed by atoms with Crippen LogP contribution >= 0.6 is 11.8 Å². The number of nitrogens with two attached hydrogens (primary N) is 1. The van der Waals surface area contributed by atoms with Crippen molar-refractivity contribution in [2.24, 2.45) is 10.7 Å². The van der Waals surface area contributed by atoms with Crippen LogP contribution in [0, 0.1) is 0 Å². The number of aliphatic imine (C=N–C) groups is 1. The lowest BCUT2D eigenvalue weighted by atomic mass is 10.3. The number of thioether (sulfide) groups is 1. The molecule has 0 unspecified atom stereocenters. The Bertz CT molecular complexity index is 388. The van der Waals surface area contributed by atoms with E-state index in [-0.39, 0.29) is 0 Å². The Labute approximate surface area is 119 Å². The molecule has 1 heterocycles. The van der Waals surface area contributed by atoms with Gasteiger partial charge in [-0.2, -0.15) is 11.8 Å². The molecule has 3 N–H and O–H groups in total. The largest absolute Gasteiger partial charge is 0.385 e. The van der Waals surface area contributed by atoms with E-state index in [1.165, 1.54) is 0 Å². The normalized spacial score (nSPS) is 16.4. The van der Waals surface area contributed by atoms with E-state index >= 15 is 0 Å². The summed E-state index contributed by atoms with van der Waals surface area (Å²) in [6.07, 6.45) is 0.998. The smallest absolute Gasteiger partial charge is 0.191 e. The average molecular weight is 278 g/mol. The maximum atomic E-state index is 5.99. The molecule has 1 aliphatic heterocycles. The van der Waals surface area contributed by atoms with Crippen LogP contribution in [0.4, 0.5) is 5.69 Å². The highest BCUT2D eigenvalue weighted by Gasteiger charge is 2.11. The molecule has 0 saturated carbocycles. The van der Waals surface area contributed by atoms with Gasteiger partial charge in [-0.15, -0.1) is 0 Å². The lowest BCUT2D eigenvalue weighted by molar-refractivity contribution is 0.455. The molecule has 1 aromatic rings. The topological polar surface area (TPSA) is 53.6 Å². The van der Waals surface area contributed by atoms with Gasteiger partial charge in [-0.05, 0) is 18.6 Å². The summed E-state index contributed by atoms with van der Waals surface area (Å²) in [5, 5.41) is 3.37. The van der Waals surface area contributed by atoms with Crippen molar-refractivity contribution in [3.05, 3.63) is 30.3 Å². The summed E-state index contributed by atoms with van der Waals surface area (Å²) < 4.78 is 0. The minimum absolute atomic E-state index is 0.708. The van der Waals surface area contributed by atoms with Crippen molar-refractivity contribution in [2.75, 3.05) is 43.0 Å². The summed E-state index contributed by atoms with van der Waals surface area (Å²) >= 11 is 1.98. The zero-order valence-corrected chi connectivity index (χ0v) is 12.0. The van der Waals surface area contributed by atoms with Gasteiger partial charge in [0.05, 0.1) is 0 Å². The number of anilines is 1. The maximum absolute atomic E-state index is 5.99. The van der Waals surface area contributed by atoms with Crippen LogP contribution in [0.15, 0.2) is 35.3 Å². The number of nitrogens with zero attached hydrogens (tertiary/aromatic N) is 2. The van der Waals surface area contributed by atoms with Gasteiger partial charge in [0, 0.05) is 43.4 Å². The predicted molar refractivity (Wildman–Crippen MR) is 84.9 cm³/mol. The van der Waals surface area contributed by atoms with E-state index in [9.17, 15) is 0 Å². The Morgan fingerprint density at radius 2 is 2.00 bits per heavy atom. The molecule has 1 fully saturated rings. The minimum Gasteiger partial charge on any atom is -0.385 e. The number of guanidine groups is 1. The van der Waals surface area contributed by atoms with Crippen molar-refractivity contribution < 1.29 is 0 Å². The third-order valence-corrected chi connectivity index (χ3v) is 3.99. The first kappa shape index (κ1) is 14.1. The Morgan fingerprint density at radius 3 is 2.74 bits per heavy atom. The summed E-state index contributed by atoms with van der Waals surface area (Å²) in [5.41, 5.74) is 7.15. The quantitative estimate of drug-likeness (QED) is 0.490. The van der Waals surface area contributed by atoms with Crippen LogP contribution < -0.4 is 11.1 Å². The van der Waals surface area contributed by atoms with Gasteiger partial charge in [0.15, 0.2) is 5.96 Å². The lowest BCUT2D eigenvalue weighted by Gasteiger charge is -2.27. The Hall–Kier alpha value is -1.36. The fourth-order valence-corrected chi connectivity index (χ4v) is 2.86. The molecule has 0 aliphatic carbocycles. The first-order valence-corrected chi connectivity index (χ1v) is 7.93. The van der Waals surface area contributed by atoms with Crippen molar-refractivity contribution in [3.8, 4) is 0 Å². The summed E-state index contributed by atoms with van der Waals surface area (Å²) in [4.78, 5) is 6.63. The third kappa shape index (κ3) is 5.03. The summed E-state index contributed by atoms with van der Waals surface area (Å²) in [6.45, 7) is 3.77. The van der Waals surface area contributed by atoms with Crippen LogP contribution in [0.5, 0.6) is 0 Å². The van der Waals surface area contributed by atoms with Crippen molar-refractivity contribution in [3.63, 3.8) is 0 Å². The average Bonchev–Trinajstić information content (AvgIpc) is 2.49. The third-order valence-electron chi connectivity index (χ3n) is 3.05. The Balaban J connectivity index is 1.62. The van der Waals surface area contributed by atoms with Gasteiger partial charge in [0.2, 0.25) is 0 Å². The van der Waals surface area contributed by atoms with Crippen LogP contribution in [0.25, 0.3) is 0 Å². The van der Waals surface area contributed by atoms with Crippen LogP contribution in [0.1, 0.15) is 6.42 Å². The van der Waals surface area contributed by atoms with E-state index in [0.29, 0.717) is 5.96 Å². The molecule has 1 aliphatic rings. The summed E-state index contributed by atoms with van der Waals surface area (Å²) in [5.74, 6) is 3.03. The van der Waals surface area contributed by atoms with Gasteiger partial charge in [-0.25, -0.2) is 0 Å². The number of benzene rings is 1. The Morgan fingerprint density at radius 1 is 1.26 bits per heavy atom. The van der Waals surface area contributed by atoms with Crippen LogP contribution in [-0.4, -0.2) is 48.5 Å². The second-order valence-corrected chi connectivity index (χ2v) is 5.71. The molecule has 104 valence electrons. The highest BCUT2D eigenvalue weighted by Crippen LogP contribution is 2.08. The van der Waals surface area contributed by atoms with Gasteiger partial charge < -0.3 is 16.0 Å². The van der Waals surface area contributed by atoms with Crippen molar-refractivity contribution >= 4 is 23.4 Å². The van der Waals surface area contributed by atoms with Crippen LogP contribution in [0.2, 0.25) is 0 Å². The van der Waals surface area contributed by atoms with E-state index in [1.807, 2.05) is 30.0 Å². The van der Waals surface area contributed by atoms with Gasteiger partial charge >= 0.3 is 0 Å². The molecule has 5 heteroatoms. The van der Waals surface area contributed by atoms with Crippen molar-refractivity contribution in [1.29, 1.82) is 0 Å². The first-order chi connectivity index (χ1) is 9.36. The lowest BCUT2D eigenvalue weighted by Crippen LogP contribution is -2.42. The van der Waals surface area contributed by atoms with Crippen LogP contribution in [0.3, 0.4) is 0 Å². The fourth-order valence-electron chi connectivity index (χ4n) is 1.95. The zero-order valence-electron chi connectivity index (χ0n) is 11.2. The molecule has 0 spiro atoms. The molecule has 0 atom stereocenters. The molecule has 0 aromatic heterocycles. The Kier molecular flexibility index (Phi) is 5.88. The van der Waals surface area contributed by atoms with E-state index in [1.54, 1.807) is 0 Å². The summed E-state index contributed by atoms with van der Waals surface area (Å²) in [6, 6.07) is 10.2. The standard InChI is InChI=1S/C14H22N4S/c15-14(18-9-11-19-12-10-18)17-8-4-7-16-13-5-2-1-3-6-13/h1-3,5-6,16H,4,7-12H2,(H2,15,17). The van der Waals surface area contributed by atoms with E-state index in [4.69, 9.17) is 5.73 Å². The summed E-state index contributed by atoms with van der Waals surface area (Å²) in [7, 11) is 0. The maximum Gasteiger partial charge on any atom is 0.191 e. The van der Waals surface area contributed by atoms with Gasteiger partial charge in [-0.3, -0.25) is 4.99 Å². The molecule has 1 aromatic carbocycles. The van der Waals surface area contributed by atoms with E-state index in [2.05, 4.69) is 27.3 Å². The van der Waals surface area contributed by atoms with Gasteiger partial charge in [0.25, 0.3) is 0 Å². The van der Waals surface area contributed by atoms with Crippen molar-refractivity contribution in [1.82, 2.24) is 4.90 Å². The first-order valence-electron chi connectivity index (χ1n) is 6.78. The number of nitrogens with one attached hydrogen (secondary N) is 1. The van der Waals surface area contributed by atoms with Gasteiger partial charge in [-0.1, -0.05) is 18.2 Å². The minimum atomic E-state index is 0.708. The monoisotopic (exact) mass is 278 g/mol. The van der Waals surface area contributed by atoms with Crippen molar-refractivity contribution in [2.45, 2.75) is 6.42 Å². The molecular weight excluding hydrogens is 256 g/mol. The van der Waals surface area contributed by atoms with Gasteiger partial charge in [0.1, 0.15) is 0 Å². The fraction of sp³-hybridized carbons (Fsp3) is 0.500. The van der Waals surface area contributed by atoms with E-state index in [0.717, 1.165) is 49.8 Å². The number of rotatable bonds is 5. The molecular formula is C14H22N4S. The molecule has 19 heavy (non-hydrogen) atoms. The molecule has 0 radical (unpaired) electrons. The zero-order chi connectivity index (χ0) is 13.3. The molecule has 0 bridgehead atoms. The van der Waals surface area contributed by atoms with E-state index < -0.39 is 0 Å². The van der Waals surface area contributed by atoms with Crippen LogP contribution in [-0.2, 0) is 0 Å². The predicted octanol–water partition coefficient (Wildman–Crippen LogP) is 1.85. The molecule has 0 amide bonds. The number of para-hydroxylation sites is 1.